The molecular weight excluding hydrogens is 394 g/mol. The molecule has 4 rings (SSSR count). The van der Waals surface area contributed by atoms with E-state index in [1.165, 1.54) is 27.4 Å². The number of alkyl halides is 3. The van der Waals surface area contributed by atoms with Gasteiger partial charge in [0, 0.05) is 6.16 Å². The molecule has 0 bridgehead atoms. The molecule has 4 aromatic rings. The van der Waals surface area contributed by atoms with Gasteiger partial charge in [-0.25, -0.2) is 4.68 Å². The number of halogens is 3. The SMILES string of the molecule is FC(F)(F)c1ccc(-n2cc(CP(c3ccccc3)c3ccccc3)nn2)cc1. The smallest absolute Gasteiger partial charge is 0.220 e. The zero-order chi connectivity index (χ0) is 20.3. The van der Waals surface area contributed by atoms with Crippen molar-refractivity contribution in [3.8, 4) is 5.69 Å². The molecule has 1 heterocycles. The van der Waals surface area contributed by atoms with E-state index in [1.807, 2.05) is 36.4 Å². The molecule has 7 heteroatoms. The van der Waals surface area contributed by atoms with Crippen LogP contribution >= 0.6 is 7.92 Å². The monoisotopic (exact) mass is 411 g/mol. The van der Waals surface area contributed by atoms with Crippen LogP contribution in [0.3, 0.4) is 0 Å². The molecule has 0 atom stereocenters. The lowest BCUT2D eigenvalue weighted by Crippen LogP contribution is -2.13. The molecule has 3 aromatic carbocycles. The molecular formula is C22H17F3N3P. The van der Waals surface area contributed by atoms with Crippen LogP contribution < -0.4 is 10.6 Å². The van der Waals surface area contributed by atoms with Crippen LogP contribution in [0, 0.1) is 0 Å². The first-order valence-corrected chi connectivity index (χ1v) is 10.5. The Morgan fingerprint density at radius 3 is 1.83 bits per heavy atom. The van der Waals surface area contributed by atoms with Crippen LogP contribution in [0.1, 0.15) is 11.3 Å². The highest BCUT2D eigenvalue weighted by molar-refractivity contribution is 7.72. The van der Waals surface area contributed by atoms with Crippen molar-refractivity contribution in [3.05, 3.63) is 102 Å². The van der Waals surface area contributed by atoms with E-state index in [1.54, 1.807) is 6.20 Å². The van der Waals surface area contributed by atoms with Crippen LogP contribution in [0.5, 0.6) is 0 Å². The molecule has 0 aliphatic carbocycles. The maximum atomic E-state index is 12.8. The van der Waals surface area contributed by atoms with Gasteiger partial charge < -0.3 is 0 Å². The summed E-state index contributed by atoms with van der Waals surface area (Å²) in [5.74, 6) is 0. The molecule has 0 saturated heterocycles. The van der Waals surface area contributed by atoms with Crippen molar-refractivity contribution in [2.24, 2.45) is 0 Å². The Morgan fingerprint density at radius 2 is 1.31 bits per heavy atom. The first-order chi connectivity index (χ1) is 14.0. The second-order valence-electron chi connectivity index (χ2n) is 6.46. The van der Waals surface area contributed by atoms with Gasteiger partial charge in [-0.2, -0.15) is 13.2 Å². The molecule has 0 N–H and O–H groups in total. The average Bonchev–Trinajstić information content (AvgIpc) is 3.21. The number of nitrogens with zero attached hydrogens (tertiary/aromatic N) is 3. The van der Waals surface area contributed by atoms with E-state index in [0.29, 0.717) is 11.8 Å². The fraction of sp³-hybridized carbons (Fsp3) is 0.0909. The van der Waals surface area contributed by atoms with E-state index < -0.39 is 19.7 Å². The van der Waals surface area contributed by atoms with Crippen molar-refractivity contribution in [3.63, 3.8) is 0 Å². The summed E-state index contributed by atoms with van der Waals surface area (Å²) in [7, 11) is -0.668. The fourth-order valence-corrected chi connectivity index (χ4v) is 5.21. The minimum absolute atomic E-state index is 0.542. The number of hydrogen-bond acceptors (Lipinski definition) is 2. The minimum Gasteiger partial charge on any atom is -0.220 e. The summed E-state index contributed by atoms with van der Waals surface area (Å²) in [5.41, 5.74) is 0.655. The summed E-state index contributed by atoms with van der Waals surface area (Å²) in [5, 5.41) is 10.8. The standard InChI is InChI=1S/C22H17F3N3P/c23-22(24,25)17-11-13-19(14-12-17)28-15-18(26-27-28)16-29(20-7-3-1-4-8-20)21-9-5-2-6-10-21/h1-15H,16H2. The summed E-state index contributed by atoms with van der Waals surface area (Å²) >= 11 is 0. The highest BCUT2D eigenvalue weighted by atomic mass is 31.1. The van der Waals surface area contributed by atoms with Crippen LogP contribution in [-0.4, -0.2) is 15.0 Å². The number of benzene rings is 3. The predicted octanol–water partition coefficient (Wildman–Crippen LogP) is 4.92. The van der Waals surface area contributed by atoms with Crippen LogP contribution in [-0.2, 0) is 12.3 Å². The molecule has 0 unspecified atom stereocenters. The first kappa shape index (κ1) is 19.3. The van der Waals surface area contributed by atoms with Crippen LogP contribution in [0.15, 0.2) is 91.1 Å². The van der Waals surface area contributed by atoms with Gasteiger partial charge in [0.1, 0.15) is 0 Å². The van der Waals surface area contributed by atoms with Gasteiger partial charge in [-0.1, -0.05) is 65.9 Å². The Morgan fingerprint density at radius 1 is 0.759 bits per heavy atom. The summed E-state index contributed by atoms with van der Waals surface area (Å²) in [6, 6.07) is 25.4. The Kier molecular flexibility index (Phi) is 5.45. The van der Waals surface area contributed by atoms with Gasteiger partial charge in [0.15, 0.2) is 0 Å². The fourth-order valence-electron chi connectivity index (χ4n) is 3.01. The van der Waals surface area contributed by atoms with Crippen molar-refractivity contribution >= 4 is 18.5 Å². The predicted molar refractivity (Wildman–Crippen MR) is 109 cm³/mol. The number of hydrogen-bond donors (Lipinski definition) is 0. The van der Waals surface area contributed by atoms with E-state index in [2.05, 4.69) is 34.6 Å². The maximum Gasteiger partial charge on any atom is 0.416 e. The molecule has 0 amide bonds. The quantitative estimate of drug-likeness (QED) is 0.437. The molecule has 0 aliphatic rings. The second-order valence-corrected chi connectivity index (χ2v) is 8.66. The summed E-state index contributed by atoms with van der Waals surface area (Å²) in [4.78, 5) is 0. The van der Waals surface area contributed by atoms with Gasteiger partial charge in [-0.15, -0.1) is 5.10 Å². The zero-order valence-electron chi connectivity index (χ0n) is 15.3. The highest BCUT2D eigenvalue weighted by Crippen LogP contribution is 2.37. The molecule has 0 saturated carbocycles. The highest BCUT2D eigenvalue weighted by Gasteiger charge is 2.30. The largest absolute Gasteiger partial charge is 0.416 e. The van der Waals surface area contributed by atoms with E-state index in [-0.39, 0.29) is 0 Å². The molecule has 0 fully saturated rings. The maximum absolute atomic E-state index is 12.8. The number of aromatic nitrogens is 3. The van der Waals surface area contributed by atoms with Gasteiger partial charge >= 0.3 is 6.18 Å². The van der Waals surface area contributed by atoms with Gasteiger partial charge in [-0.3, -0.25) is 0 Å². The average molecular weight is 411 g/mol. The van der Waals surface area contributed by atoms with Crippen LogP contribution in [0.4, 0.5) is 13.2 Å². The third-order valence-electron chi connectivity index (χ3n) is 4.46. The molecule has 146 valence electrons. The summed E-state index contributed by atoms with van der Waals surface area (Å²) in [6.45, 7) is 0. The minimum atomic E-state index is -4.35. The Bertz CT molecular complexity index is 1020. The van der Waals surface area contributed by atoms with Gasteiger partial charge in [0.2, 0.25) is 0 Å². The van der Waals surface area contributed by atoms with Crippen molar-refractivity contribution < 1.29 is 13.2 Å². The molecule has 3 nitrogen and oxygen atoms in total. The van der Waals surface area contributed by atoms with E-state index in [9.17, 15) is 13.2 Å². The van der Waals surface area contributed by atoms with Crippen molar-refractivity contribution in [2.45, 2.75) is 12.3 Å². The summed E-state index contributed by atoms with van der Waals surface area (Å²) in [6.07, 6.45) is -1.87. The first-order valence-electron chi connectivity index (χ1n) is 8.97. The normalized spacial score (nSPS) is 11.7. The summed E-state index contributed by atoms with van der Waals surface area (Å²) < 4.78 is 39.8. The van der Waals surface area contributed by atoms with E-state index >= 15 is 0 Å². The lowest BCUT2D eigenvalue weighted by molar-refractivity contribution is -0.137. The molecule has 0 radical (unpaired) electrons. The lowest BCUT2D eigenvalue weighted by Gasteiger charge is -2.17. The lowest BCUT2D eigenvalue weighted by atomic mass is 10.2. The van der Waals surface area contributed by atoms with E-state index in [0.717, 1.165) is 17.8 Å². The zero-order valence-corrected chi connectivity index (χ0v) is 16.2. The number of rotatable bonds is 5. The molecule has 1 aromatic heterocycles. The van der Waals surface area contributed by atoms with Crippen molar-refractivity contribution in [1.82, 2.24) is 15.0 Å². The third-order valence-corrected chi connectivity index (χ3v) is 6.94. The van der Waals surface area contributed by atoms with Crippen LogP contribution in [0.25, 0.3) is 5.69 Å². The van der Waals surface area contributed by atoms with Gasteiger partial charge in [-0.05, 0) is 42.8 Å². The van der Waals surface area contributed by atoms with E-state index in [4.69, 9.17) is 0 Å². The Balaban J connectivity index is 1.60. The topological polar surface area (TPSA) is 30.7 Å². The van der Waals surface area contributed by atoms with Crippen molar-refractivity contribution in [1.29, 1.82) is 0 Å². The third kappa shape index (κ3) is 4.54. The second kappa shape index (κ2) is 8.18. The van der Waals surface area contributed by atoms with Crippen LogP contribution in [0.2, 0.25) is 0 Å². The molecule has 0 aliphatic heterocycles. The molecule has 0 spiro atoms. The van der Waals surface area contributed by atoms with Crippen molar-refractivity contribution in [2.75, 3.05) is 0 Å². The van der Waals surface area contributed by atoms with Gasteiger partial charge in [0.05, 0.1) is 23.1 Å². The molecule has 29 heavy (non-hydrogen) atoms. The van der Waals surface area contributed by atoms with Gasteiger partial charge in [0.25, 0.3) is 0 Å². The Hall–Kier alpha value is -2.98. The Labute approximate surface area is 167 Å².